The molecule has 4 heterocycles. The monoisotopic (exact) mass is 615 g/mol. The summed E-state index contributed by atoms with van der Waals surface area (Å²) in [7, 11) is 0. The molecule has 8 nitrogen and oxygen atoms in total. The van der Waals surface area contributed by atoms with Crippen molar-refractivity contribution in [3.05, 3.63) is 156 Å². The van der Waals surface area contributed by atoms with Gasteiger partial charge in [0, 0.05) is 23.1 Å². The van der Waals surface area contributed by atoms with Gasteiger partial charge in [0.15, 0.2) is 5.17 Å². The van der Waals surface area contributed by atoms with E-state index in [0.29, 0.717) is 26.5 Å². The van der Waals surface area contributed by atoms with Crippen molar-refractivity contribution in [3.8, 4) is 0 Å². The van der Waals surface area contributed by atoms with E-state index in [4.69, 9.17) is 0 Å². The number of hydrogen-bond donors (Lipinski definition) is 0. The Morgan fingerprint density at radius 3 is 1.66 bits per heavy atom. The number of carbonyl (C=O) groups excluding carboxylic acids is 3. The Morgan fingerprint density at radius 1 is 0.614 bits per heavy atom. The van der Waals surface area contributed by atoms with Gasteiger partial charge in [0.25, 0.3) is 17.7 Å². The molecule has 3 aromatic rings. The van der Waals surface area contributed by atoms with Gasteiger partial charge in [0.2, 0.25) is 0 Å². The summed E-state index contributed by atoms with van der Waals surface area (Å²) in [4.78, 5) is 49.9. The zero-order chi connectivity index (χ0) is 31.1. The van der Waals surface area contributed by atoms with Crippen molar-refractivity contribution in [2.24, 2.45) is 15.0 Å². The molecular formula is C34H25N5O3S2. The van der Waals surface area contributed by atoms with Gasteiger partial charge in [-0.1, -0.05) is 104 Å². The van der Waals surface area contributed by atoms with Gasteiger partial charge in [-0.3, -0.25) is 24.2 Å². The maximum absolute atomic E-state index is 11.6. The van der Waals surface area contributed by atoms with Gasteiger partial charge in [-0.05, 0) is 48.2 Å². The standard InChI is InChI=1S/C16H12N2OS.C10H7NOS.C8H6N2O/c1-12-15(19)17-16(20-12)18(13-8-4-2-5-9-13)14-10-6-3-7-11-14;1-7-9(12)11-10(13-7)8-5-3-2-4-6-8;1-6-8(11)9-7-4-2-3-5-10(6)7/h2-11H,1H2;2-6H,1H2;2-5H,1H2. The Balaban J connectivity index is 0.000000139. The van der Waals surface area contributed by atoms with Crippen LogP contribution in [0.25, 0.3) is 0 Å². The number of carbonyl (C=O) groups is 3. The number of rotatable bonds is 3. The number of para-hydroxylation sites is 2. The number of benzene rings is 3. The highest BCUT2D eigenvalue weighted by atomic mass is 32.2. The lowest BCUT2D eigenvalue weighted by atomic mass is 10.2. The van der Waals surface area contributed by atoms with Crippen molar-refractivity contribution in [2.45, 2.75) is 0 Å². The fraction of sp³-hybridized carbons (Fsp3) is 0. The van der Waals surface area contributed by atoms with Crippen LogP contribution in [0.3, 0.4) is 0 Å². The highest BCUT2D eigenvalue weighted by Crippen LogP contribution is 2.35. The Morgan fingerprint density at radius 2 is 1.16 bits per heavy atom. The minimum absolute atomic E-state index is 0.219. The van der Waals surface area contributed by atoms with Crippen LogP contribution in [0.5, 0.6) is 0 Å². The van der Waals surface area contributed by atoms with Gasteiger partial charge in [0.05, 0.1) is 9.81 Å². The predicted molar refractivity (Wildman–Crippen MR) is 181 cm³/mol. The summed E-state index contributed by atoms with van der Waals surface area (Å²) in [5.41, 5.74) is 3.32. The number of thioether (sulfide) groups is 2. The van der Waals surface area contributed by atoms with Crippen LogP contribution in [-0.4, -0.2) is 38.7 Å². The molecule has 0 radical (unpaired) electrons. The number of fused-ring (bicyclic) bond motifs is 1. The van der Waals surface area contributed by atoms with Crippen LogP contribution in [0.15, 0.2) is 166 Å². The smallest absolute Gasteiger partial charge is 0.295 e. The van der Waals surface area contributed by atoms with E-state index >= 15 is 0 Å². The van der Waals surface area contributed by atoms with Gasteiger partial charge in [-0.2, -0.15) is 9.98 Å². The number of amides is 3. The molecule has 0 bridgehead atoms. The van der Waals surface area contributed by atoms with Gasteiger partial charge in [-0.15, -0.1) is 0 Å². The first-order chi connectivity index (χ1) is 21.3. The summed E-state index contributed by atoms with van der Waals surface area (Å²) in [5, 5.41) is 1.38. The van der Waals surface area contributed by atoms with E-state index in [-0.39, 0.29) is 17.7 Å². The Kier molecular flexibility index (Phi) is 9.43. The van der Waals surface area contributed by atoms with Crippen LogP contribution in [0.2, 0.25) is 0 Å². The van der Waals surface area contributed by atoms with Crippen LogP contribution in [0.1, 0.15) is 5.56 Å². The number of anilines is 2. The van der Waals surface area contributed by atoms with E-state index in [1.54, 1.807) is 17.2 Å². The topological polar surface area (TPSA) is 94.8 Å². The van der Waals surface area contributed by atoms with E-state index in [9.17, 15) is 14.4 Å². The second kappa shape index (κ2) is 13.8. The first kappa shape index (κ1) is 30.1. The molecule has 0 saturated carbocycles. The number of hydrogen-bond acceptors (Lipinski definition) is 7. The first-order valence-corrected chi connectivity index (χ1v) is 14.9. The minimum Gasteiger partial charge on any atom is -0.297 e. The fourth-order valence-corrected chi connectivity index (χ4v) is 5.55. The number of aliphatic imine (C=N–C) groups is 3. The van der Waals surface area contributed by atoms with Crippen molar-refractivity contribution >= 4 is 68.7 Å². The van der Waals surface area contributed by atoms with Crippen LogP contribution < -0.4 is 4.90 Å². The summed E-state index contributed by atoms with van der Waals surface area (Å²) in [6.07, 6.45) is 7.21. The molecule has 0 aromatic heterocycles. The van der Waals surface area contributed by atoms with Crippen molar-refractivity contribution in [1.82, 2.24) is 4.90 Å². The van der Waals surface area contributed by atoms with Crippen molar-refractivity contribution < 1.29 is 14.4 Å². The molecule has 3 amide bonds. The van der Waals surface area contributed by atoms with E-state index in [0.717, 1.165) is 22.0 Å². The molecule has 0 spiro atoms. The van der Waals surface area contributed by atoms with Crippen LogP contribution in [0.4, 0.5) is 11.4 Å². The molecule has 0 fully saturated rings. The average molecular weight is 616 g/mol. The molecule has 10 heteroatoms. The minimum atomic E-state index is -0.262. The SMILES string of the molecule is C=C1C(=O)N=C2C=CC=CN12.C=C1SC(N(c2ccccc2)c2ccccc2)=NC1=O.C=C1SC(c2ccccc2)=NC1=O. The number of nitrogens with zero attached hydrogens (tertiary/aromatic N) is 5. The molecule has 216 valence electrons. The molecular weight excluding hydrogens is 591 g/mol. The van der Waals surface area contributed by atoms with Gasteiger partial charge in [0.1, 0.15) is 16.6 Å². The highest BCUT2D eigenvalue weighted by Gasteiger charge is 2.27. The zero-order valence-electron chi connectivity index (χ0n) is 23.4. The lowest BCUT2D eigenvalue weighted by Crippen LogP contribution is -2.21. The first-order valence-electron chi connectivity index (χ1n) is 13.2. The molecule has 3 aromatic carbocycles. The molecule has 44 heavy (non-hydrogen) atoms. The lowest BCUT2D eigenvalue weighted by Gasteiger charge is -2.23. The molecule has 0 atom stereocenters. The average Bonchev–Trinajstić information content (AvgIpc) is 3.68. The second-order valence-corrected chi connectivity index (χ2v) is 11.3. The normalized spacial score (nSPS) is 16.5. The van der Waals surface area contributed by atoms with Gasteiger partial charge < -0.3 is 0 Å². The van der Waals surface area contributed by atoms with E-state index in [1.807, 2.05) is 108 Å². The lowest BCUT2D eigenvalue weighted by molar-refractivity contribution is -0.115. The van der Waals surface area contributed by atoms with Crippen molar-refractivity contribution in [1.29, 1.82) is 0 Å². The Labute approximate surface area is 263 Å². The maximum atomic E-state index is 11.6. The molecule has 0 N–H and O–H groups in total. The summed E-state index contributed by atoms with van der Waals surface area (Å²) in [6.45, 7) is 10.9. The zero-order valence-corrected chi connectivity index (χ0v) is 25.0. The second-order valence-electron chi connectivity index (χ2n) is 9.14. The third kappa shape index (κ3) is 7.00. The maximum Gasteiger partial charge on any atom is 0.295 e. The summed E-state index contributed by atoms with van der Waals surface area (Å²) in [5.74, 6) is -0.0792. The quantitative estimate of drug-likeness (QED) is 0.293. The van der Waals surface area contributed by atoms with E-state index < -0.39 is 0 Å². The Bertz CT molecular complexity index is 1770. The fourth-order valence-electron chi connectivity index (χ4n) is 4.01. The third-order valence-corrected chi connectivity index (χ3v) is 7.96. The Hall–Kier alpha value is -5.32. The number of allylic oxidation sites excluding steroid dienone is 2. The number of amidine groups is 2. The molecule has 7 rings (SSSR count). The summed E-state index contributed by atoms with van der Waals surface area (Å²) >= 11 is 2.64. The van der Waals surface area contributed by atoms with Crippen LogP contribution >= 0.6 is 23.5 Å². The largest absolute Gasteiger partial charge is 0.297 e. The molecule has 4 aliphatic heterocycles. The summed E-state index contributed by atoms with van der Waals surface area (Å²) in [6, 6.07) is 29.3. The predicted octanol–water partition coefficient (Wildman–Crippen LogP) is 7.01. The van der Waals surface area contributed by atoms with Gasteiger partial charge >= 0.3 is 0 Å². The highest BCUT2D eigenvalue weighted by molar-refractivity contribution is 8.19. The van der Waals surface area contributed by atoms with E-state index in [1.165, 1.54) is 23.5 Å². The molecule has 0 aliphatic carbocycles. The van der Waals surface area contributed by atoms with E-state index in [2.05, 4.69) is 34.7 Å². The van der Waals surface area contributed by atoms with Crippen molar-refractivity contribution in [2.75, 3.05) is 4.90 Å². The molecule has 4 aliphatic rings. The third-order valence-electron chi connectivity index (χ3n) is 6.14. The molecule has 0 saturated heterocycles. The van der Waals surface area contributed by atoms with Crippen LogP contribution in [-0.2, 0) is 14.4 Å². The molecule has 0 unspecified atom stereocenters. The van der Waals surface area contributed by atoms with Crippen LogP contribution in [0, 0.1) is 0 Å². The van der Waals surface area contributed by atoms with Gasteiger partial charge in [-0.25, -0.2) is 4.99 Å². The summed E-state index contributed by atoms with van der Waals surface area (Å²) < 4.78 is 0. The van der Waals surface area contributed by atoms with Crippen molar-refractivity contribution in [3.63, 3.8) is 0 Å².